The van der Waals surface area contributed by atoms with Crippen LogP contribution in [0.5, 0.6) is 0 Å². The molecule has 0 radical (unpaired) electrons. The maximum Gasteiger partial charge on any atom is 0.274 e. The van der Waals surface area contributed by atoms with Crippen molar-refractivity contribution in [1.82, 2.24) is 14.5 Å². The summed E-state index contributed by atoms with van der Waals surface area (Å²) in [5.74, 6) is 0.227. The predicted octanol–water partition coefficient (Wildman–Crippen LogP) is 2.26. The number of hydrogen-bond acceptors (Lipinski definition) is 4. The minimum Gasteiger partial charge on any atom is -0.346 e. The Morgan fingerprint density at radius 1 is 1.40 bits per heavy atom. The molecule has 0 aliphatic heterocycles. The van der Waals surface area contributed by atoms with E-state index < -0.39 is 5.91 Å². The zero-order valence-corrected chi connectivity index (χ0v) is 13.3. The van der Waals surface area contributed by atoms with Crippen LogP contribution in [0.4, 0.5) is 5.69 Å². The zero-order chi connectivity index (χ0) is 17.4. The molecule has 0 spiro atoms. The zero-order valence-electron chi connectivity index (χ0n) is 13.3. The third-order valence-electron chi connectivity index (χ3n) is 4.32. The van der Waals surface area contributed by atoms with Gasteiger partial charge >= 0.3 is 0 Å². The van der Waals surface area contributed by atoms with E-state index in [1.807, 2.05) is 12.3 Å². The first-order chi connectivity index (χ1) is 12.1. The molecule has 1 aliphatic rings. The van der Waals surface area contributed by atoms with E-state index in [1.165, 1.54) is 19.2 Å². The van der Waals surface area contributed by atoms with Crippen LogP contribution in [-0.2, 0) is 6.54 Å². The van der Waals surface area contributed by atoms with Crippen molar-refractivity contribution in [2.24, 2.45) is 5.92 Å². The number of hydrogen-bond donors (Lipinski definition) is 2. The van der Waals surface area contributed by atoms with E-state index in [-0.39, 0.29) is 11.3 Å². The van der Waals surface area contributed by atoms with Gasteiger partial charge in [-0.15, -0.1) is 0 Å². The smallest absolute Gasteiger partial charge is 0.274 e. The van der Waals surface area contributed by atoms with Crippen LogP contribution in [0.15, 0.2) is 41.6 Å². The minimum absolute atomic E-state index is 0.0376. The summed E-state index contributed by atoms with van der Waals surface area (Å²) in [4.78, 5) is 29.7. The molecule has 2 N–H and O–H groups in total. The summed E-state index contributed by atoms with van der Waals surface area (Å²) in [6, 6.07) is 8.82. The fraction of sp³-hybridized carbons (Fsp3) is 0.222. The van der Waals surface area contributed by atoms with E-state index in [1.54, 1.807) is 12.1 Å². The molecular formula is C18H15N5O2. The monoisotopic (exact) mass is 333 g/mol. The van der Waals surface area contributed by atoms with Crippen molar-refractivity contribution in [3.63, 3.8) is 0 Å². The molecule has 7 heteroatoms. The highest BCUT2D eigenvalue weighted by atomic mass is 16.2. The van der Waals surface area contributed by atoms with Gasteiger partial charge in [0, 0.05) is 35.4 Å². The van der Waals surface area contributed by atoms with Gasteiger partial charge in [-0.2, -0.15) is 5.26 Å². The number of fused-ring (bicyclic) bond motifs is 1. The van der Waals surface area contributed by atoms with Gasteiger partial charge < -0.3 is 14.9 Å². The minimum atomic E-state index is -0.471. The van der Waals surface area contributed by atoms with E-state index >= 15 is 0 Å². The van der Waals surface area contributed by atoms with E-state index in [0.29, 0.717) is 17.2 Å². The lowest BCUT2D eigenvalue weighted by Crippen LogP contribution is -2.17. The Balaban J connectivity index is 1.65. The number of carbonyl (C=O) groups is 1. The number of nitriles is 1. The summed E-state index contributed by atoms with van der Waals surface area (Å²) in [5.41, 5.74) is 1.77. The number of benzene rings is 1. The number of carbonyl (C=O) groups excluding carboxylic acids is 1. The molecule has 2 heterocycles. The first-order valence-electron chi connectivity index (χ1n) is 8.03. The standard InChI is InChI=1S/C18H15N5O2/c19-7-12-9-23(8-11-1-2-11)16-4-3-13(5-14(12)16)22-18(25)15-6-17(24)21-10-20-15/h3-6,9-11H,1-2,8H2,(H,22,25)(H,20,21,24). The molecule has 1 amide bonds. The van der Waals surface area contributed by atoms with Crippen LogP contribution < -0.4 is 10.9 Å². The van der Waals surface area contributed by atoms with Gasteiger partial charge in [0.05, 0.1) is 11.9 Å². The number of amides is 1. The van der Waals surface area contributed by atoms with Gasteiger partial charge in [-0.1, -0.05) is 0 Å². The average molecular weight is 333 g/mol. The van der Waals surface area contributed by atoms with Crippen LogP contribution >= 0.6 is 0 Å². The van der Waals surface area contributed by atoms with Crippen molar-refractivity contribution in [2.45, 2.75) is 19.4 Å². The van der Waals surface area contributed by atoms with Crippen molar-refractivity contribution in [1.29, 1.82) is 5.26 Å². The van der Waals surface area contributed by atoms with Crippen molar-refractivity contribution >= 4 is 22.5 Å². The second kappa shape index (κ2) is 5.91. The number of H-pyrrole nitrogens is 1. The predicted molar refractivity (Wildman–Crippen MR) is 92.2 cm³/mol. The molecule has 0 saturated heterocycles. The number of nitrogens with zero attached hydrogens (tertiary/aromatic N) is 3. The number of rotatable bonds is 4. The number of aromatic amines is 1. The molecule has 0 unspecified atom stereocenters. The third-order valence-corrected chi connectivity index (χ3v) is 4.32. The van der Waals surface area contributed by atoms with E-state index in [0.717, 1.165) is 23.5 Å². The molecule has 0 atom stereocenters. The Kier molecular flexibility index (Phi) is 3.58. The van der Waals surface area contributed by atoms with Crippen LogP contribution in [-0.4, -0.2) is 20.4 Å². The normalized spacial score (nSPS) is 13.6. The van der Waals surface area contributed by atoms with Crippen LogP contribution in [0.3, 0.4) is 0 Å². The quantitative estimate of drug-likeness (QED) is 0.764. The van der Waals surface area contributed by atoms with Gasteiger partial charge in [0.1, 0.15) is 11.8 Å². The lowest BCUT2D eigenvalue weighted by Gasteiger charge is -2.07. The van der Waals surface area contributed by atoms with Crippen LogP contribution in [0.2, 0.25) is 0 Å². The molecule has 124 valence electrons. The molecule has 1 aromatic carbocycles. The van der Waals surface area contributed by atoms with Gasteiger partial charge in [-0.25, -0.2) is 4.98 Å². The van der Waals surface area contributed by atoms with Crippen molar-refractivity contribution in [2.75, 3.05) is 5.32 Å². The summed E-state index contributed by atoms with van der Waals surface area (Å²) in [5, 5.41) is 12.9. The molecule has 7 nitrogen and oxygen atoms in total. The van der Waals surface area contributed by atoms with Gasteiger partial charge in [0.25, 0.3) is 11.5 Å². The van der Waals surface area contributed by atoms with Crippen LogP contribution in [0.25, 0.3) is 10.9 Å². The molecule has 25 heavy (non-hydrogen) atoms. The largest absolute Gasteiger partial charge is 0.346 e. The van der Waals surface area contributed by atoms with Gasteiger partial charge in [0.2, 0.25) is 0 Å². The topological polar surface area (TPSA) is 104 Å². The third kappa shape index (κ3) is 3.02. The fourth-order valence-corrected chi connectivity index (χ4v) is 2.88. The van der Waals surface area contributed by atoms with Crippen molar-refractivity contribution in [3.8, 4) is 6.07 Å². The van der Waals surface area contributed by atoms with Crippen LogP contribution in [0.1, 0.15) is 28.9 Å². The highest BCUT2D eigenvalue weighted by molar-refractivity contribution is 6.04. The molecule has 3 aromatic rings. The maximum atomic E-state index is 12.2. The summed E-state index contributed by atoms with van der Waals surface area (Å²) < 4.78 is 2.11. The highest BCUT2D eigenvalue weighted by Gasteiger charge is 2.23. The summed E-state index contributed by atoms with van der Waals surface area (Å²) in [6.07, 6.45) is 5.52. The Morgan fingerprint density at radius 2 is 2.24 bits per heavy atom. The molecule has 4 rings (SSSR count). The van der Waals surface area contributed by atoms with Gasteiger partial charge in [-0.3, -0.25) is 9.59 Å². The van der Waals surface area contributed by atoms with E-state index in [4.69, 9.17) is 0 Å². The molecule has 2 aromatic heterocycles. The summed E-state index contributed by atoms with van der Waals surface area (Å²) in [7, 11) is 0. The summed E-state index contributed by atoms with van der Waals surface area (Å²) in [6.45, 7) is 0.917. The molecule has 1 fully saturated rings. The Morgan fingerprint density at radius 3 is 2.96 bits per heavy atom. The Hall–Kier alpha value is -3.40. The lowest BCUT2D eigenvalue weighted by atomic mass is 10.1. The van der Waals surface area contributed by atoms with Crippen LogP contribution in [0, 0.1) is 17.2 Å². The number of nitrogens with one attached hydrogen (secondary N) is 2. The van der Waals surface area contributed by atoms with E-state index in [9.17, 15) is 14.9 Å². The summed E-state index contributed by atoms with van der Waals surface area (Å²) >= 11 is 0. The first kappa shape index (κ1) is 15.1. The van der Waals surface area contributed by atoms with Crippen molar-refractivity contribution < 1.29 is 4.79 Å². The molecule has 0 bridgehead atoms. The number of aromatic nitrogens is 3. The maximum absolute atomic E-state index is 12.2. The molecule has 1 saturated carbocycles. The highest BCUT2D eigenvalue weighted by Crippen LogP contribution is 2.33. The lowest BCUT2D eigenvalue weighted by molar-refractivity contribution is 0.102. The number of anilines is 1. The van der Waals surface area contributed by atoms with E-state index in [2.05, 4.69) is 25.9 Å². The fourth-order valence-electron chi connectivity index (χ4n) is 2.88. The van der Waals surface area contributed by atoms with Gasteiger partial charge in [-0.05, 0) is 37.0 Å². The van der Waals surface area contributed by atoms with Gasteiger partial charge in [0.15, 0.2) is 0 Å². The molecule has 1 aliphatic carbocycles. The first-order valence-corrected chi connectivity index (χ1v) is 8.03. The Bertz CT molecular complexity index is 1070. The second-order valence-electron chi connectivity index (χ2n) is 6.23. The Labute approximate surface area is 142 Å². The van der Waals surface area contributed by atoms with Crippen molar-refractivity contribution in [3.05, 3.63) is 58.4 Å². The second-order valence-corrected chi connectivity index (χ2v) is 6.23. The average Bonchev–Trinajstić information content (AvgIpc) is 3.36. The molecular weight excluding hydrogens is 318 g/mol. The SMILES string of the molecule is N#Cc1cn(CC2CC2)c2ccc(NC(=O)c3cc(=O)[nH]cn3)cc12.